The molecule has 0 bridgehead atoms. The molecule has 178 valence electrons. The summed E-state index contributed by atoms with van der Waals surface area (Å²) in [4.78, 5) is 14.3. The van der Waals surface area contributed by atoms with E-state index in [1.165, 1.54) is 18.2 Å². The second kappa shape index (κ2) is 9.51. The zero-order chi connectivity index (χ0) is 23.6. The lowest BCUT2D eigenvalue weighted by Crippen LogP contribution is -2.43. The summed E-state index contributed by atoms with van der Waals surface area (Å²) >= 11 is 0. The molecule has 2 saturated heterocycles. The van der Waals surface area contributed by atoms with E-state index in [0.717, 1.165) is 5.56 Å². The highest BCUT2D eigenvalue weighted by atomic mass is 32.2. The molecule has 11 heteroatoms. The second-order valence-electron chi connectivity index (χ2n) is 8.10. The van der Waals surface area contributed by atoms with Crippen LogP contribution in [0.15, 0.2) is 53.4 Å². The summed E-state index contributed by atoms with van der Waals surface area (Å²) in [6.07, 6.45) is -0.116. The molecule has 1 amide bonds. The molecule has 0 spiro atoms. The number of benzene rings is 2. The number of morpholine rings is 1. The summed E-state index contributed by atoms with van der Waals surface area (Å²) < 4.78 is 60.0. The van der Waals surface area contributed by atoms with E-state index in [1.807, 2.05) is 30.3 Å². The Kier molecular flexibility index (Phi) is 6.87. The first-order valence-corrected chi connectivity index (χ1v) is 13.8. The summed E-state index contributed by atoms with van der Waals surface area (Å²) in [7, 11) is -7.77. The Morgan fingerprint density at radius 3 is 2.42 bits per heavy atom. The van der Waals surface area contributed by atoms with Crippen LogP contribution in [0.1, 0.15) is 23.6 Å². The number of aryl methyl sites for hydroxylation is 1. The average molecular weight is 494 g/mol. The van der Waals surface area contributed by atoms with Crippen LogP contribution in [-0.2, 0) is 29.6 Å². The molecule has 2 aromatic rings. The Hall–Kier alpha value is -2.31. The van der Waals surface area contributed by atoms with Crippen LogP contribution in [-0.4, -0.2) is 66.2 Å². The molecule has 1 N–H and O–H groups in total. The smallest absolute Gasteiger partial charge is 0.242 e. The number of ether oxygens (including phenoxy) is 1. The Morgan fingerprint density at radius 1 is 1.09 bits per heavy atom. The van der Waals surface area contributed by atoms with Gasteiger partial charge in [-0.2, -0.15) is 0 Å². The number of sulfonamides is 2. The number of nitrogens with zero attached hydrogens (tertiary/aromatic N) is 2. The molecule has 2 heterocycles. The maximum atomic E-state index is 13.3. The molecular formula is C22H27N3O6S2. The number of amides is 1. The van der Waals surface area contributed by atoms with Gasteiger partial charge in [-0.25, -0.2) is 25.9 Å². The fourth-order valence-corrected chi connectivity index (χ4v) is 6.91. The molecular weight excluding hydrogens is 466 g/mol. The predicted molar refractivity (Wildman–Crippen MR) is 124 cm³/mol. The van der Waals surface area contributed by atoms with E-state index < -0.39 is 26.0 Å². The van der Waals surface area contributed by atoms with Gasteiger partial charge in [0.1, 0.15) is 0 Å². The molecule has 0 radical (unpaired) electrons. The van der Waals surface area contributed by atoms with Crippen LogP contribution in [0.2, 0.25) is 0 Å². The number of anilines is 1. The topological polar surface area (TPSA) is 113 Å². The molecule has 2 fully saturated rings. The van der Waals surface area contributed by atoms with Gasteiger partial charge in [0, 0.05) is 32.1 Å². The van der Waals surface area contributed by atoms with Gasteiger partial charge >= 0.3 is 0 Å². The van der Waals surface area contributed by atoms with E-state index >= 15 is 0 Å². The van der Waals surface area contributed by atoms with Crippen molar-refractivity contribution in [2.75, 3.05) is 42.9 Å². The van der Waals surface area contributed by atoms with Gasteiger partial charge in [0.05, 0.1) is 29.5 Å². The number of hydrogen-bond donors (Lipinski definition) is 1. The lowest BCUT2D eigenvalue weighted by molar-refractivity contribution is -0.116. The maximum Gasteiger partial charge on any atom is 0.242 e. The minimum atomic E-state index is -3.98. The molecule has 0 saturated carbocycles. The van der Waals surface area contributed by atoms with Crippen LogP contribution in [0.4, 0.5) is 5.69 Å². The highest BCUT2D eigenvalue weighted by Gasteiger charge is 2.37. The molecule has 9 nitrogen and oxygen atoms in total. The predicted octanol–water partition coefficient (Wildman–Crippen LogP) is 1.41. The van der Waals surface area contributed by atoms with Crippen molar-refractivity contribution in [3.8, 4) is 0 Å². The first kappa shape index (κ1) is 23.8. The quantitative estimate of drug-likeness (QED) is 0.621. The third-order valence-electron chi connectivity index (χ3n) is 5.91. The van der Waals surface area contributed by atoms with Crippen LogP contribution in [0, 0.1) is 6.92 Å². The van der Waals surface area contributed by atoms with Gasteiger partial charge in [0.2, 0.25) is 26.0 Å². The van der Waals surface area contributed by atoms with Gasteiger partial charge in [0.15, 0.2) is 0 Å². The van der Waals surface area contributed by atoms with Gasteiger partial charge in [0.25, 0.3) is 0 Å². The van der Waals surface area contributed by atoms with Crippen molar-refractivity contribution < 1.29 is 26.4 Å². The van der Waals surface area contributed by atoms with E-state index in [9.17, 15) is 21.6 Å². The molecule has 0 aromatic heterocycles. The Bertz CT molecular complexity index is 1230. The lowest BCUT2D eigenvalue weighted by atomic mass is 10.1. The molecule has 2 aliphatic heterocycles. The van der Waals surface area contributed by atoms with E-state index in [0.29, 0.717) is 36.2 Å². The highest BCUT2D eigenvalue weighted by Crippen LogP contribution is 2.29. The number of nitrogens with one attached hydrogen (secondary N) is 1. The minimum Gasteiger partial charge on any atom is -0.379 e. The van der Waals surface area contributed by atoms with Gasteiger partial charge in [-0.15, -0.1) is 0 Å². The van der Waals surface area contributed by atoms with Crippen LogP contribution in [0.3, 0.4) is 0 Å². The minimum absolute atomic E-state index is 0.0382. The number of hydrogen-bond acceptors (Lipinski definition) is 7. The van der Waals surface area contributed by atoms with Gasteiger partial charge < -0.3 is 4.74 Å². The normalized spacial score (nSPS) is 20.2. The van der Waals surface area contributed by atoms with Crippen molar-refractivity contribution in [3.63, 3.8) is 0 Å². The van der Waals surface area contributed by atoms with E-state index in [2.05, 4.69) is 9.62 Å². The van der Waals surface area contributed by atoms with Gasteiger partial charge in [-0.05, 0) is 30.2 Å². The fourth-order valence-electron chi connectivity index (χ4n) is 4.16. The molecule has 0 aliphatic carbocycles. The third-order valence-corrected chi connectivity index (χ3v) is 9.17. The standard InChI is InChI=1S/C22H27N3O6S2/c1-17-7-8-19(25-22(26)9-14-32(25,27)28)15-21(17)33(29,30)23-16-20(18-5-3-2-4-6-18)24-10-12-31-13-11-24/h2-8,15,20,23H,9-14,16H2,1H3. The van der Waals surface area contributed by atoms with Crippen molar-refractivity contribution in [1.29, 1.82) is 0 Å². The Morgan fingerprint density at radius 2 is 1.79 bits per heavy atom. The molecule has 2 aromatic carbocycles. The van der Waals surface area contributed by atoms with Gasteiger partial charge in [-0.1, -0.05) is 36.4 Å². The second-order valence-corrected chi connectivity index (χ2v) is 11.8. The number of carbonyl (C=O) groups is 1. The van der Waals surface area contributed by atoms with E-state index in [-0.39, 0.29) is 35.3 Å². The molecule has 1 atom stereocenters. The first-order valence-electron chi connectivity index (χ1n) is 10.7. The van der Waals surface area contributed by atoms with Crippen molar-refractivity contribution in [2.24, 2.45) is 0 Å². The summed E-state index contributed by atoms with van der Waals surface area (Å²) in [5.41, 5.74) is 1.48. The van der Waals surface area contributed by atoms with E-state index in [4.69, 9.17) is 4.74 Å². The monoisotopic (exact) mass is 493 g/mol. The molecule has 2 aliphatic rings. The van der Waals surface area contributed by atoms with Crippen molar-refractivity contribution in [3.05, 3.63) is 59.7 Å². The first-order chi connectivity index (χ1) is 15.7. The summed E-state index contributed by atoms with van der Waals surface area (Å²) in [5, 5.41) is 0. The van der Waals surface area contributed by atoms with Crippen LogP contribution < -0.4 is 9.03 Å². The number of rotatable bonds is 7. The zero-order valence-electron chi connectivity index (χ0n) is 18.3. The fraction of sp³-hybridized carbons (Fsp3) is 0.409. The van der Waals surface area contributed by atoms with Crippen LogP contribution in [0.25, 0.3) is 0 Å². The van der Waals surface area contributed by atoms with Crippen molar-refractivity contribution >= 4 is 31.6 Å². The largest absolute Gasteiger partial charge is 0.379 e. The third kappa shape index (κ3) is 5.12. The van der Waals surface area contributed by atoms with Crippen LogP contribution in [0.5, 0.6) is 0 Å². The highest BCUT2D eigenvalue weighted by molar-refractivity contribution is 7.94. The average Bonchev–Trinajstić information content (AvgIpc) is 3.08. The molecule has 4 rings (SSSR count). The Labute approximate surface area is 194 Å². The molecule has 33 heavy (non-hydrogen) atoms. The maximum absolute atomic E-state index is 13.3. The molecule has 1 unspecified atom stereocenters. The van der Waals surface area contributed by atoms with Gasteiger partial charge in [-0.3, -0.25) is 9.69 Å². The van der Waals surface area contributed by atoms with Crippen LogP contribution >= 0.6 is 0 Å². The summed E-state index contributed by atoms with van der Waals surface area (Å²) in [6, 6.07) is 13.7. The number of carbonyl (C=O) groups excluding carboxylic acids is 1. The summed E-state index contributed by atoms with van der Waals surface area (Å²) in [5.74, 6) is -0.843. The van der Waals surface area contributed by atoms with Crippen molar-refractivity contribution in [1.82, 2.24) is 9.62 Å². The SMILES string of the molecule is Cc1ccc(N2C(=O)CCS2(=O)=O)cc1S(=O)(=O)NCC(c1ccccc1)N1CCOCC1. The van der Waals surface area contributed by atoms with Crippen molar-refractivity contribution in [2.45, 2.75) is 24.3 Å². The Balaban J connectivity index is 1.61. The summed E-state index contributed by atoms with van der Waals surface area (Å²) in [6.45, 7) is 4.30. The lowest BCUT2D eigenvalue weighted by Gasteiger charge is -2.35. The van der Waals surface area contributed by atoms with E-state index in [1.54, 1.807) is 6.92 Å². The zero-order valence-corrected chi connectivity index (χ0v) is 19.9.